The Hall–Kier alpha value is -2.02. The van der Waals surface area contributed by atoms with Crippen LogP contribution in [0.4, 0.5) is 10.1 Å². The largest absolute Gasteiger partial charge is 0.484 e. The normalized spacial score (nSPS) is 10.5. The molecule has 2 rings (SSSR count). The monoisotopic (exact) mass is 354 g/mol. The van der Waals surface area contributed by atoms with E-state index < -0.39 is 10.7 Å². The van der Waals surface area contributed by atoms with E-state index in [2.05, 4.69) is 20.9 Å². The zero-order chi connectivity index (χ0) is 15.6. The quantitative estimate of drug-likeness (QED) is 0.612. The van der Waals surface area contributed by atoms with Gasteiger partial charge in [0, 0.05) is 16.2 Å². The molecule has 0 atom stereocenters. The molecule has 0 amide bonds. The number of ether oxygens (including phenoxy) is 1. The van der Waals surface area contributed by atoms with Gasteiger partial charge in [0.1, 0.15) is 6.61 Å². The standard InChI is InChI=1S/C14H12BrFN2O3/c1-8-6-17-12(9(2)14(8)18(19)20)7-21-13-5-10(15)3-4-11(13)16/h3-6H,7H2,1-2H3. The molecule has 0 N–H and O–H groups in total. The first kappa shape index (κ1) is 15.4. The zero-order valence-corrected chi connectivity index (χ0v) is 13.0. The van der Waals surface area contributed by atoms with Crippen molar-refractivity contribution in [2.75, 3.05) is 0 Å². The zero-order valence-electron chi connectivity index (χ0n) is 11.4. The maximum absolute atomic E-state index is 13.6. The van der Waals surface area contributed by atoms with Crippen LogP contribution in [0.15, 0.2) is 28.9 Å². The Morgan fingerprint density at radius 3 is 2.81 bits per heavy atom. The molecule has 0 saturated heterocycles. The van der Waals surface area contributed by atoms with Gasteiger partial charge in [-0.25, -0.2) is 4.39 Å². The molecule has 110 valence electrons. The summed E-state index contributed by atoms with van der Waals surface area (Å²) in [5.41, 5.74) is 1.33. The average Bonchev–Trinajstić information content (AvgIpc) is 2.41. The van der Waals surface area contributed by atoms with Crippen molar-refractivity contribution >= 4 is 21.6 Å². The van der Waals surface area contributed by atoms with Crippen molar-refractivity contribution in [1.29, 1.82) is 0 Å². The Labute approximate surface area is 129 Å². The summed E-state index contributed by atoms with van der Waals surface area (Å²) in [7, 11) is 0. The molecule has 0 aliphatic carbocycles. The summed E-state index contributed by atoms with van der Waals surface area (Å²) in [5, 5.41) is 11.0. The van der Waals surface area contributed by atoms with Crippen molar-refractivity contribution < 1.29 is 14.1 Å². The number of benzene rings is 1. The molecule has 0 fully saturated rings. The molecule has 1 heterocycles. The first-order valence-electron chi connectivity index (χ1n) is 6.07. The third kappa shape index (κ3) is 3.36. The van der Waals surface area contributed by atoms with Crippen molar-refractivity contribution in [3.8, 4) is 5.75 Å². The van der Waals surface area contributed by atoms with E-state index in [4.69, 9.17) is 4.74 Å². The number of rotatable bonds is 4. The van der Waals surface area contributed by atoms with Crippen LogP contribution in [0.5, 0.6) is 5.75 Å². The first-order chi connectivity index (χ1) is 9.90. The van der Waals surface area contributed by atoms with E-state index in [9.17, 15) is 14.5 Å². The van der Waals surface area contributed by atoms with Gasteiger partial charge >= 0.3 is 0 Å². The number of nitro groups is 1. The molecule has 0 unspecified atom stereocenters. The summed E-state index contributed by atoms with van der Waals surface area (Å²) in [5.74, 6) is -0.439. The molecule has 0 spiro atoms. The van der Waals surface area contributed by atoms with Gasteiger partial charge < -0.3 is 4.74 Å². The van der Waals surface area contributed by atoms with Gasteiger partial charge in [0.05, 0.1) is 16.2 Å². The van der Waals surface area contributed by atoms with E-state index >= 15 is 0 Å². The van der Waals surface area contributed by atoms with E-state index in [1.54, 1.807) is 19.9 Å². The Balaban J connectivity index is 2.27. The van der Waals surface area contributed by atoms with Gasteiger partial charge in [0.25, 0.3) is 5.69 Å². The van der Waals surface area contributed by atoms with Crippen molar-refractivity contribution in [2.45, 2.75) is 20.5 Å². The maximum Gasteiger partial charge on any atom is 0.278 e. The summed E-state index contributed by atoms with van der Waals surface area (Å²) in [6.45, 7) is 3.19. The summed E-state index contributed by atoms with van der Waals surface area (Å²) < 4.78 is 19.6. The first-order valence-corrected chi connectivity index (χ1v) is 6.86. The second-order valence-electron chi connectivity index (χ2n) is 4.48. The van der Waals surface area contributed by atoms with Crippen molar-refractivity contribution in [1.82, 2.24) is 4.98 Å². The lowest BCUT2D eigenvalue weighted by Gasteiger charge is -2.10. The Morgan fingerprint density at radius 1 is 1.43 bits per heavy atom. The minimum Gasteiger partial charge on any atom is -0.484 e. The third-order valence-electron chi connectivity index (χ3n) is 3.02. The number of aryl methyl sites for hydroxylation is 1. The lowest BCUT2D eigenvalue weighted by atomic mass is 10.1. The summed E-state index contributed by atoms with van der Waals surface area (Å²) in [6.07, 6.45) is 1.42. The van der Waals surface area contributed by atoms with Crippen molar-refractivity contribution in [3.05, 3.63) is 61.6 Å². The number of pyridine rings is 1. The predicted molar refractivity (Wildman–Crippen MR) is 78.8 cm³/mol. The second kappa shape index (κ2) is 6.17. The van der Waals surface area contributed by atoms with Crippen molar-refractivity contribution in [2.24, 2.45) is 0 Å². The van der Waals surface area contributed by atoms with Gasteiger partial charge in [-0.15, -0.1) is 0 Å². The van der Waals surface area contributed by atoms with E-state index in [1.165, 1.54) is 18.3 Å². The SMILES string of the molecule is Cc1cnc(COc2cc(Br)ccc2F)c(C)c1[N+](=O)[O-]. The number of nitrogens with zero attached hydrogens (tertiary/aromatic N) is 2. The Bertz CT molecular complexity index is 707. The molecule has 0 saturated carbocycles. The minimum atomic E-state index is -0.502. The van der Waals surface area contributed by atoms with Crippen LogP contribution < -0.4 is 4.74 Å². The van der Waals surface area contributed by atoms with Crippen LogP contribution in [-0.2, 0) is 6.61 Å². The second-order valence-corrected chi connectivity index (χ2v) is 5.40. The van der Waals surface area contributed by atoms with Gasteiger partial charge in [-0.3, -0.25) is 15.1 Å². The third-order valence-corrected chi connectivity index (χ3v) is 3.51. The molecular weight excluding hydrogens is 343 g/mol. The van der Waals surface area contributed by atoms with Crippen LogP contribution in [0.1, 0.15) is 16.8 Å². The van der Waals surface area contributed by atoms with Gasteiger partial charge in [-0.05, 0) is 32.0 Å². The van der Waals surface area contributed by atoms with E-state index in [1.807, 2.05) is 0 Å². The van der Waals surface area contributed by atoms with Crippen LogP contribution in [0.25, 0.3) is 0 Å². The van der Waals surface area contributed by atoms with Crippen LogP contribution >= 0.6 is 15.9 Å². The molecule has 21 heavy (non-hydrogen) atoms. The topological polar surface area (TPSA) is 65.3 Å². The molecule has 1 aromatic heterocycles. The molecular formula is C14H12BrFN2O3. The molecule has 2 aromatic rings. The fourth-order valence-electron chi connectivity index (χ4n) is 1.93. The van der Waals surface area contributed by atoms with Crippen LogP contribution in [-0.4, -0.2) is 9.91 Å². The number of hydrogen-bond donors (Lipinski definition) is 0. The van der Waals surface area contributed by atoms with Crippen LogP contribution in [0.2, 0.25) is 0 Å². The molecule has 0 aliphatic rings. The molecule has 7 heteroatoms. The maximum atomic E-state index is 13.6. The summed E-state index contributed by atoms with van der Waals surface area (Å²) in [4.78, 5) is 14.7. The number of halogens is 2. The Kier molecular flexibility index (Phi) is 4.52. The lowest BCUT2D eigenvalue weighted by Crippen LogP contribution is -2.06. The molecule has 0 radical (unpaired) electrons. The smallest absolute Gasteiger partial charge is 0.278 e. The highest BCUT2D eigenvalue weighted by atomic mass is 79.9. The lowest BCUT2D eigenvalue weighted by molar-refractivity contribution is -0.386. The van der Waals surface area contributed by atoms with Gasteiger partial charge in [-0.1, -0.05) is 15.9 Å². The molecule has 1 aromatic carbocycles. The molecule has 0 aliphatic heterocycles. The summed E-state index contributed by atoms with van der Waals surface area (Å²) >= 11 is 3.23. The van der Waals surface area contributed by atoms with E-state index in [0.717, 1.165) is 0 Å². The predicted octanol–water partition coefficient (Wildman–Crippen LogP) is 4.09. The molecule has 5 nitrogen and oxygen atoms in total. The highest BCUT2D eigenvalue weighted by Crippen LogP contribution is 2.26. The van der Waals surface area contributed by atoms with Gasteiger partial charge in [-0.2, -0.15) is 0 Å². The van der Waals surface area contributed by atoms with Gasteiger partial charge in [0.2, 0.25) is 0 Å². The fourth-order valence-corrected chi connectivity index (χ4v) is 2.27. The minimum absolute atomic E-state index is 0.0123. The fraction of sp³-hybridized carbons (Fsp3) is 0.214. The highest BCUT2D eigenvalue weighted by molar-refractivity contribution is 9.10. The number of hydrogen-bond acceptors (Lipinski definition) is 4. The van der Waals surface area contributed by atoms with Crippen molar-refractivity contribution in [3.63, 3.8) is 0 Å². The number of aromatic nitrogens is 1. The van der Waals surface area contributed by atoms with E-state index in [0.29, 0.717) is 21.3 Å². The molecule has 0 bridgehead atoms. The van der Waals surface area contributed by atoms with Crippen LogP contribution in [0.3, 0.4) is 0 Å². The van der Waals surface area contributed by atoms with Crippen LogP contribution in [0, 0.1) is 29.8 Å². The average molecular weight is 355 g/mol. The Morgan fingerprint density at radius 2 is 2.14 bits per heavy atom. The highest BCUT2D eigenvalue weighted by Gasteiger charge is 2.19. The summed E-state index contributed by atoms with van der Waals surface area (Å²) in [6, 6.07) is 4.33. The van der Waals surface area contributed by atoms with Gasteiger partial charge in [0.15, 0.2) is 11.6 Å². The van der Waals surface area contributed by atoms with E-state index in [-0.39, 0.29) is 18.0 Å².